The van der Waals surface area contributed by atoms with Crippen LogP contribution in [0.4, 0.5) is 4.39 Å². The Morgan fingerprint density at radius 3 is 2.83 bits per heavy atom. The lowest BCUT2D eigenvalue weighted by atomic mass is 9.87. The molecule has 4 aromatic rings. The van der Waals surface area contributed by atoms with Gasteiger partial charge in [-0.05, 0) is 82.4 Å². The molecule has 1 unspecified atom stereocenters. The Bertz CT molecular complexity index is 1590. The number of nitrogens with one attached hydrogen (secondary N) is 1. The minimum Gasteiger partial charge on any atom is -0.493 e. The van der Waals surface area contributed by atoms with E-state index in [1.807, 2.05) is 35.2 Å². The standard InChI is InChI=1S/C29H27FN6O5/c1-39-25-8-3-19-14-26(25)40-12-2-10-31-29(38)23-15-21(5-7-24(23)30)41-20-4-6-22-18(13-20)9-11-36(28(19)22)27(37)16-35-17-32-33-34-35/h3-8,13-15,17,28H,2,9-12,16H2,1H3,(H,31,38). The van der Waals surface area contributed by atoms with E-state index in [1.54, 1.807) is 13.2 Å². The van der Waals surface area contributed by atoms with Crippen LogP contribution < -0.4 is 19.5 Å². The lowest BCUT2D eigenvalue weighted by molar-refractivity contribution is -0.134. The van der Waals surface area contributed by atoms with Gasteiger partial charge in [0.25, 0.3) is 5.91 Å². The lowest BCUT2D eigenvalue weighted by Crippen LogP contribution is -2.42. The number of aromatic nitrogens is 4. The molecule has 7 rings (SSSR count). The summed E-state index contributed by atoms with van der Waals surface area (Å²) in [6.07, 6.45) is 2.47. The van der Waals surface area contributed by atoms with Crippen molar-refractivity contribution in [2.45, 2.75) is 25.4 Å². The van der Waals surface area contributed by atoms with Crippen molar-refractivity contribution in [2.24, 2.45) is 0 Å². The van der Waals surface area contributed by atoms with Crippen LogP contribution in [0.2, 0.25) is 0 Å². The Morgan fingerprint density at radius 1 is 1.15 bits per heavy atom. The van der Waals surface area contributed by atoms with Gasteiger partial charge in [0.15, 0.2) is 11.5 Å². The first kappa shape index (κ1) is 26.2. The van der Waals surface area contributed by atoms with E-state index in [0.29, 0.717) is 42.4 Å². The smallest absolute Gasteiger partial charge is 0.254 e. The fraction of sp³-hybridized carbons (Fsp3) is 0.276. The van der Waals surface area contributed by atoms with Gasteiger partial charge in [0.2, 0.25) is 5.91 Å². The molecule has 0 radical (unpaired) electrons. The first-order chi connectivity index (χ1) is 20.0. The van der Waals surface area contributed by atoms with Gasteiger partial charge < -0.3 is 24.4 Å². The molecule has 3 aliphatic heterocycles. The normalized spacial score (nSPS) is 16.6. The second-order valence-electron chi connectivity index (χ2n) is 9.72. The topological polar surface area (TPSA) is 121 Å². The molecule has 1 atom stereocenters. The summed E-state index contributed by atoms with van der Waals surface area (Å²) in [5, 5.41) is 13.9. The maximum atomic E-state index is 14.5. The SMILES string of the molecule is COc1ccc2cc1OCCCNC(=O)c1cc(ccc1F)Oc1ccc3c(c1)CCN(C(=O)Cn1cnnn1)C23. The van der Waals surface area contributed by atoms with E-state index in [2.05, 4.69) is 20.8 Å². The molecule has 3 aliphatic rings. The molecule has 4 heterocycles. The molecule has 210 valence electrons. The van der Waals surface area contributed by atoms with E-state index in [0.717, 1.165) is 16.7 Å². The maximum absolute atomic E-state index is 14.5. The lowest BCUT2D eigenvalue weighted by Gasteiger charge is -2.38. The fourth-order valence-electron chi connectivity index (χ4n) is 5.18. The summed E-state index contributed by atoms with van der Waals surface area (Å²) in [4.78, 5) is 28.0. The van der Waals surface area contributed by atoms with Crippen LogP contribution in [0.25, 0.3) is 0 Å². The highest BCUT2D eigenvalue weighted by molar-refractivity contribution is 5.94. The number of methoxy groups -OCH3 is 1. The van der Waals surface area contributed by atoms with Crippen molar-refractivity contribution in [3.8, 4) is 23.0 Å². The predicted molar refractivity (Wildman–Crippen MR) is 143 cm³/mol. The second kappa shape index (κ2) is 11.2. The number of halogens is 1. The number of tetrazole rings is 1. The van der Waals surface area contributed by atoms with Crippen molar-refractivity contribution >= 4 is 11.8 Å². The van der Waals surface area contributed by atoms with Gasteiger partial charge in [-0.3, -0.25) is 9.59 Å². The van der Waals surface area contributed by atoms with E-state index < -0.39 is 17.8 Å². The molecule has 41 heavy (non-hydrogen) atoms. The number of rotatable bonds is 3. The van der Waals surface area contributed by atoms with Crippen LogP contribution in [0, 0.1) is 5.82 Å². The number of amides is 2. The summed E-state index contributed by atoms with van der Waals surface area (Å²) in [6.45, 7) is 0.999. The molecule has 3 aromatic carbocycles. The number of benzene rings is 3. The van der Waals surface area contributed by atoms with E-state index in [4.69, 9.17) is 14.2 Å². The van der Waals surface area contributed by atoms with Crippen molar-refractivity contribution in [1.29, 1.82) is 0 Å². The molecule has 0 saturated carbocycles. The highest BCUT2D eigenvalue weighted by Crippen LogP contribution is 2.40. The van der Waals surface area contributed by atoms with Gasteiger partial charge in [-0.15, -0.1) is 5.10 Å². The summed E-state index contributed by atoms with van der Waals surface area (Å²) in [7, 11) is 1.56. The quantitative estimate of drug-likeness (QED) is 0.407. The van der Waals surface area contributed by atoms with Crippen LogP contribution in [0.15, 0.2) is 60.9 Å². The predicted octanol–water partition coefficient (Wildman–Crippen LogP) is 3.30. The number of carbonyl (C=O) groups is 2. The Kier molecular flexibility index (Phi) is 7.19. The third-order valence-electron chi connectivity index (χ3n) is 7.14. The summed E-state index contributed by atoms with van der Waals surface area (Å²) in [5.41, 5.74) is 2.68. The maximum Gasteiger partial charge on any atom is 0.254 e. The van der Waals surface area contributed by atoms with Gasteiger partial charge in [-0.1, -0.05) is 12.1 Å². The number of nitrogens with zero attached hydrogens (tertiary/aromatic N) is 5. The van der Waals surface area contributed by atoms with Crippen molar-refractivity contribution in [3.63, 3.8) is 0 Å². The zero-order chi connectivity index (χ0) is 28.3. The third kappa shape index (κ3) is 5.40. The molecule has 0 saturated heterocycles. The Hall–Kier alpha value is -5.00. The second-order valence-corrected chi connectivity index (χ2v) is 9.72. The van der Waals surface area contributed by atoms with Crippen LogP contribution >= 0.6 is 0 Å². The molecule has 1 aromatic heterocycles. The van der Waals surface area contributed by atoms with Gasteiger partial charge in [0.05, 0.1) is 25.3 Å². The molecular weight excluding hydrogens is 531 g/mol. The summed E-state index contributed by atoms with van der Waals surface area (Å²) in [5.74, 6) is 0.618. The van der Waals surface area contributed by atoms with Crippen LogP contribution in [0.3, 0.4) is 0 Å². The van der Waals surface area contributed by atoms with Crippen molar-refractivity contribution in [3.05, 3.63) is 89.0 Å². The molecular formula is C29H27FN6O5. The molecule has 0 aliphatic carbocycles. The highest BCUT2D eigenvalue weighted by atomic mass is 19.1. The van der Waals surface area contributed by atoms with Crippen molar-refractivity contribution in [2.75, 3.05) is 26.8 Å². The Labute approximate surface area is 234 Å². The molecule has 1 N–H and O–H groups in total. The first-order valence-corrected chi connectivity index (χ1v) is 13.2. The summed E-state index contributed by atoms with van der Waals surface area (Å²) >= 11 is 0. The largest absolute Gasteiger partial charge is 0.493 e. The Morgan fingerprint density at radius 2 is 2.00 bits per heavy atom. The number of hydrogen-bond donors (Lipinski definition) is 1. The van der Waals surface area contributed by atoms with E-state index in [9.17, 15) is 14.0 Å². The molecule has 8 bridgehead atoms. The van der Waals surface area contributed by atoms with Crippen LogP contribution in [0.5, 0.6) is 23.0 Å². The number of carbonyl (C=O) groups excluding carboxylic acids is 2. The highest BCUT2D eigenvalue weighted by Gasteiger charge is 2.33. The number of fused-ring (bicyclic) bond motifs is 6. The van der Waals surface area contributed by atoms with Crippen LogP contribution in [-0.4, -0.2) is 63.7 Å². The van der Waals surface area contributed by atoms with Gasteiger partial charge in [0, 0.05) is 13.1 Å². The van der Waals surface area contributed by atoms with E-state index >= 15 is 0 Å². The van der Waals surface area contributed by atoms with Gasteiger partial charge in [-0.25, -0.2) is 9.07 Å². The molecule has 11 nitrogen and oxygen atoms in total. The van der Waals surface area contributed by atoms with Crippen LogP contribution in [0.1, 0.15) is 39.5 Å². The van der Waals surface area contributed by atoms with Crippen molar-refractivity contribution < 1.29 is 28.2 Å². The van der Waals surface area contributed by atoms with Crippen LogP contribution in [-0.2, 0) is 17.8 Å². The average Bonchev–Trinajstić information content (AvgIpc) is 3.49. The van der Waals surface area contributed by atoms with Gasteiger partial charge in [0.1, 0.15) is 30.2 Å². The third-order valence-corrected chi connectivity index (χ3v) is 7.14. The first-order valence-electron chi connectivity index (χ1n) is 13.2. The minimum atomic E-state index is -0.637. The summed E-state index contributed by atoms with van der Waals surface area (Å²) < 4.78 is 33.5. The average molecular weight is 559 g/mol. The number of hydrogen-bond acceptors (Lipinski definition) is 8. The molecule has 12 heteroatoms. The van der Waals surface area contributed by atoms with E-state index in [1.165, 1.54) is 29.2 Å². The van der Waals surface area contributed by atoms with E-state index in [-0.39, 0.29) is 31.2 Å². The van der Waals surface area contributed by atoms with Gasteiger partial charge >= 0.3 is 0 Å². The zero-order valence-electron chi connectivity index (χ0n) is 22.2. The monoisotopic (exact) mass is 558 g/mol. The fourth-order valence-corrected chi connectivity index (χ4v) is 5.18. The molecule has 2 amide bonds. The zero-order valence-corrected chi connectivity index (χ0v) is 22.2. The van der Waals surface area contributed by atoms with Gasteiger partial charge in [-0.2, -0.15) is 0 Å². The molecule has 0 fully saturated rings. The Balaban J connectivity index is 1.43. The summed E-state index contributed by atoms with van der Waals surface area (Å²) in [6, 6.07) is 14.9. The van der Waals surface area contributed by atoms with Crippen molar-refractivity contribution in [1.82, 2.24) is 30.4 Å². The number of ether oxygens (including phenoxy) is 3. The minimum absolute atomic E-state index is 0.00183. The molecule has 0 spiro atoms.